The van der Waals surface area contributed by atoms with Gasteiger partial charge in [0.15, 0.2) is 5.71 Å². The minimum absolute atomic E-state index is 0.0292. The van der Waals surface area contributed by atoms with E-state index in [9.17, 15) is 0 Å². The van der Waals surface area contributed by atoms with Crippen LogP contribution < -0.4 is 4.90 Å². The first-order chi connectivity index (χ1) is 23.2. The zero-order valence-electron chi connectivity index (χ0n) is 30.2. The second kappa shape index (κ2) is 14.2. The highest BCUT2D eigenvalue weighted by Gasteiger charge is 2.44. The van der Waals surface area contributed by atoms with Crippen molar-refractivity contribution in [3.8, 4) is 0 Å². The van der Waals surface area contributed by atoms with E-state index in [2.05, 4.69) is 110 Å². The summed E-state index contributed by atoms with van der Waals surface area (Å²) in [6.07, 6.45) is 28.2. The van der Waals surface area contributed by atoms with Gasteiger partial charge in [0.1, 0.15) is 6.54 Å². The Balaban J connectivity index is 1.14. The summed E-state index contributed by atoms with van der Waals surface area (Å²) in [7, 11) is 0. The molecule has 2 saturated carbocycles. The van der Waals surface area contributed by atoms with Gasteiger partial charge in [-0.3, -0.25) is 0 Å². The third kappa shape index (κ3) is 6.56. The van der Waals surface area contributed by atoms with E-state index in [4.69, 9.17) is 11.6 Å². The average molecular weight is 662 g/mol. The number of fused-ring (bicyclic) bond motifs is 2. The molecule has 2 aromatic carbocycles. The fourth-order valence-corrected chi connectivity index (χ4v) is 10.0. The van der Waals surface area contributed by atoms with E-state index in [0.29, 0.717) is 0 Å². The Bertz CT molecular complexity index is 1650. The molecule has 3 aliphatic carbocycles. The molecule has 7 rings (SSSR count). The predicted octanol–water partition coefficient (Wildman–Crippen LogP) is 12.5. The third-order valence-electron chi connectivity index (χ3n) is 12.7. The van der Waals surface area contributed by atoms with Crippen molar-refractivity contribution in [2.24, 2.45) is 11.8 Å². The van der Waals surface area contributed by atoms with Gasteiger partial charge in [0.25, 0.3) is 0 Å². The fraction of sp³-hybridized carbons (Fsp3) is 0.533. The number of hydrogen-bond donors (Lipinski definition) is 0. The van der Waals surface area contributed by atoms with Crippen LogP contribution in [0.5, 0.6) is 0 Å². The number of allylic oxidation sites excluding steroid dienone is 8. The zero-order valence-corrected chi connectivity index (χ0v) is 30.9. The van der Waals surface area contributed by atoms with E-state index in [1.807, 2.05) is 0 Å². The molecule has 0 unspecified atom stereocenters. The summed E-state index contributed by atoms with van der Waals surface area (Å²) in [5.41, 5.74) is 11.0. The lowest BCUT2D eigenvalue weighted by molar-refractivity contribution is -0.439. The van der Waals surface area contributed by atoms with Gasteiger partial charge in [0.05, 0.1) is 5.41 Å². The summed E-state index contributed by atoms with van der Waals surface area (Å²) in [5.74, 6) is 1.74. The molecule has 5 aliphatic rings. The molecular formula is C45H58ClN2+. The van der Waals surface area contributed by atoms with Gasteiger partial charge in [-0.2, -0.15) is 4.58 Å². The standard InChI is InChI=1S/C45H58ClN2/c1-44(2)37-19-11-13-21-39(37)47(31-29-33-15-7-5-8-16-33)41(44)27-25-35-23-24-36(43(35)46)26-28-42-45(3,4)38-20-12-14-22-40(38)48(42)32-30-34-17-9-6-10-18-34/h11-14,19-22,25-28,33-34H,5-10,15-18,23-24,29-32H2,1-4H3/q+1. The highest BCUT2D eigenvalue weighted by molar-refractivity contribution is 6.33. The lowest BCUT2D eigenvalue weighted by Gasteiger charge is -2.29. The van der Waals surface area contributed by atoms with Gasteiger partial charge in [-0.15, -0.1) is 0 Å². The number of halogens is 1. The average Bonchev–Trinajstić information content (AvgIpc) is 3.64. The molecule has 0 N–H and O–H groups in total. The second-order valence-corrected chi connectivity index (χ2v) is 16.9. The van der Waals surface area contributed by atoms with Crippen LogP contribution in [0.15, 0.2) is 94.7 Å². The Morgan fingerprint density at radius 2 is 1.38 bits per heavy atom. The van der Waals surface area contributed by atoms with Crippen LogP contribution in [0.1, 0.15) is 129 Å². The smallest absolute Gasteiger partial charge is 0.209 e. The van der Waals surface area contributed by atoms with Gasteiger partial charge < -0.3 is 4.90 Å². The van der Waals surface area contributed by atoms with Crippen molar-refractivity contribution in [3.63, 3.8) is 0 Å². The number of para-hydroxylation sites is 2. The molecule has 2 aromatic rings. The minimum Gasteiger partial charge on any atom is -0.344 e. The van der Waals surface area contributed by atoms with E-state index in [1.54, 1.807) is 0 Å². The molecule has 2 fully saturated rings. The molecule has 48 heavy (non-hydrogen) atoms. The Kier molecular flexibility index (Phi) is 9.94. The summed E-state index contributed by atoms with van der Waals surface area (Å²) >= 11 is 7.23. The molecule has 0 atom stereocenters. The number of benzene rings is 2. The quantitative estimate of drug-likeness (QED) is 0.242. The van der Waals surface area contributed by atoms with Gasteiger partial charge in [-0.1, -0.05) is 138 Å². The SMILES string of the molecule is CC1(C)C(/C=C/C2=C(Cl)C(=C/C=C3/N(CCC4CCCCC4)c4ccccc4C3(C)C)/CC2)=[N+](CCC2CCCCC2)c2ccccc21. The lowest BCUT2D eigenvalue weighted by atomic mass is 9.81. The van der Waals surface area contributed by atoms with Crippen LogP contribution in [0.2, 0.25) is 0 Å². The van der Waals surface area contributed by atoms with Crippen molar-refractivity contribution < 1.29 is 4.58 Å². The fourth-order valence-electron chi connectivity index (χ4n) is 9.71. The van der Waals surface area contributed by atoms with Crippen molar-refractivity contribution >= 4 is 28.7 Å². The number of anilines is 1. The maximum Gasteiger partial charge on any atom is 0.209 e. The van der Waals surface area contributed by atoms with Crippen LogP contribution in [0.3, 0.4) is 0 Å². The molecule has 2 nitrogen and oxygen atoms in total. The molecule has 0 spiro atoms. The molecule has 254 valence electrons. The van der Waals surface area contributed by atoms with Crippen molar-refractivity contribution in [2.45, 2.75) is 128 Å². The van der Waals surface area contributed by atoms with Crippen molar-refractivity contribution in [1.82, 2.24) is 0 Å². The molecule has 0 bridgehead atoms. The molecule has 3 heteroatoms. The third-order valence-corrected chi connectivity index (χ3v) is 13.2. The van der Waals surface area contributed by atoms with Gasteiger partial charge in [0.2, 0.25) is 5.69 Å². The van der Waals surface area contributed by atoms with Crippen molar-refractivity contribution in [2.75, 3.05) is 18.0 Å². The highest BCUT2D eigenvalue weighted by Crippen LogP contribution is 2.48. The Hall–Kier alpha value is -2.84. The second-order valence-electron chi connectivity index (χ2n) is 16.5. The molecule has 2 aliphatic heterocycles. The largest absolute Gasteiger partial charge is 0.344 e. The van der Waals surface area contributed by atoms with Gasteiger partial charge in [-0.05, 0) is 73.8 Å². The Labute approximate surface area is 296 Å². The summed E-state index contributed by atoms with van der Waals surface area (Å²) in [6, 6.07) is 18.1. The Morgan fingerprint density at radius 1 is 0.729 bits per heavy atom. The molecule has 0 amide bonds. The van der Waals surface area contributed by atoms with Crippen LogP contribution in [-0.4, -0.2) is 23.4 Å². The first kappa shape index (κ1) is 33.6. The molecule has 0 aromatic heterocycles. The van der Waals surface area contributed by atoms with E-state index in [-0.39, 0.29) is 10.8 Å². The summed E-state index contributed by atoms with van der Waals surface area (Å²) in [4.78, 5) is 2.63. The first-order valence-electron chi connectivity index (χ1n) is 19.3. The highest BCUT2D eigenvalue weighted by atomic mass is 35.5. The number of rotatable bonds is 9. The van der Waals surface area contributed by atoms with E-state index in [1.165, 1.54) is 122 Å². The Morgan fingerprint density at radius 3 is 2.10 bits per heavy atom. The monoisotopic (exact) mass is 661 g/mol. The van der Waals surface area contributed by atoms with Gasteiger partial charge in [0, 0.05) is 52.5 Å². The van der Waals surface area contributed by atoms with E-state index in [0.717, 1.165) is 42.8 Å². The number of hydrogen-bond acceptors (Lipinski definition) is 1. The summed E-state index contributed by atoms with van der Waals surface area (Å²) < 4.78 is 2.63. The van der Waals surface area contributed by atoms with Crippen molar-refractivity contribution in [3.05, 3.63) is 106 Å². The van der Waals surface area contributed by atoms with Crippen LogP contribution in [0.4, 0.5) is 11.4 Å². The normalized spacial score (nSPS) is 24.5. The molecule has 2 heterocycles. The predicted molar refractivity (Wildman–Crippen MR) is 206 cm³/mol. The number of nitrogens with zero attached hydrogens (tertiary/aromatic N) is 2. The zero-order chi connectivity index (χ0) is 33.3. The van der Waals surface area contributed by atoms with Crippen LogP contribution in [-0.2, 0) is 10.8 Å². The molecule has 0 radical (unpaired) electrons. The first-order valence-corrected chi connectivity index (χ1v) is 19.7. The maximum atomic E-state index is 7.23. The topological polar surface area (TPSA) is 6.25 Å². The van der Waals surface area contributed by atoms with Gasteiger partial charge >= 0.3 is 0 Å². The maximum absolute atomic E-state index is 7.23. The van der Waals surface area contributed by atoms with E-state index < -0.39 is 0 Å². The van der Waals surface area contributed by atoms with Crippen molar-refractivity contribution in [1.29, 1.82) is 0 Å². The lowest BCUT2D eigenvalue weighted by Crippen LogP contribution is -2.28. The van der Waals surface area contributed by atoms with Gasteiger partial charge in [-0.25, -0.2) is 0 Å². The van der Waals surface area contributed by atoms with Crippen LogP contribution in [0, 0.1) is 11.8 Å². The summed E-state index contributed by atoms with van der Waals surface area (Å²) in [6.45, 7) is 11.8. The molecular weight excluding hydrogens is 604 g/mol. The minimum atomic E-state index is -0.0292. The van der Waals surface area contributed by atoms with Crippen LogP contribution in [0.25, 0.3) is 0 Å². The van der Waals surface area contributed by atoms with Crippen LogP contribution >= 0.6 is 11.6 Å². The summed E-state index contributed by atoms with van der Waals surface area (Å²) in [5, 5.41) is 0.952. The molecule has 0 saturated heterocycles. The van der Waals surface area contributed by atoms with E-state index >= 15 is 0 Å².